The van der Waals surface area contributed by atoms with Crippen molar-refractivity contribution in [2.24, 2.45) is 5.41 Å². The van der Waals surface area contributed by atoms with Crippen molar-refractivity contribution in [2.75, 3.05) is 11.5 Å². The van der Waals surface area contributed by atoms with Crippen LogP contribution in [-0.2, 0) is 5.60 Å². The number of thioether (sulfide) groups is 1. The summed E-state index contributed by atoms with van der Waals surface area (Å²) in [5, 5.41) is 11.2. The van der Waals surface area contributed by atoms with Crippen molar-refractivity contribution in [3.63, 3.8) is 0 Å². The molecule has 1 aromatic carbocycles. The van der Waals surface area contributed by atoms with E-state index in [9.17, 15) is 5.11 Å². The van der Waals surface area contributed by atoms with Gasteiger partial charge in [-0.15, -0.1) is 0 Å². The lowest BCUT2D eigenvalue weighted by atomic mass is 9.69. The highest BCUT2D eigenvalue weighted by atomic mass is 32.2. The van der Waals surface area contributed by atoms with Crippen molar-refractivity contribution in [2.45, 2.75) is 51.0 Å². The average Bonchev–Trinajstić information content (AvgIpc) is 2.32. The van der Waals surface area contributed by atoms with Crippen LogP contribution in [0.15, 0.2) is 24.3 Å². The van der Waals surface area contributed by atoms with Crippen LogP contribution in [0.3, 0.4) is 0 Å². The Morgan fingerprint density at radius 1 is 1.16 bits per heavy atom. The topological polar surface area (TPSA) is 20.2 Å². The Labute approximate surface area is 120 Å². The first kappa shape index (κ1) is 13.5. The molecule has 1 aliphatic heterocycles. The SMILES string of the molecule is CC1(C)CCSCC1(O)c1ccc(C2CCC2)cc1. The summed E-state index contributed by atoms with van der Waals surface area (Å²) in [6.07, 6.45) is 5.13. The predicted molar refractivity (Wildman–Crippen MR) is 82.7 cm³/mol. The van der Waals surface area contributed by atoms with E-state index in [0.29, 0.717) is 0 Å². The fourth-order valence-electron chi connectivity index (χ4n) is 3.20. The highest BCUT2D eigenvalue weighted by molar-refractivity contribution is 7.99. The quantitative estimate of drug-likeness (QED) is 0.869. The molecule has 1 heterocycles. The summed E-state index contributed by atoms with van der Waals surface area (Å²) in [6, 6.07) is 8.82. The monoisotopic (exact) mass is 276 g/mol. The number of rotatable bonds is 2. The molecule has 1 aliphatic carbocycles. The van der Waals surface area contributed by atoms with Gasteiger partial charge >= 0.3 is 0 Å². The summed E-state index contributed by atoms with van der Waals surface area (Å²) in [5.41, 5.74) is 1.86. The van der Waals surface area contributed by atoms with Crippen LogP contribution in [0, 0.1) is 5.41 Å². The van der Waals surface area contributed by atoms with E-state index in [-0.39, 0.29) is 5.41 Å². The maximum Gasteiger partial charge on any atom is 0.104 e. The minimum Gasteiger partial charge on any atom is -0.384 e. The molecule has 3 rings (SSSR count). The van der Waals surface area contributed by atoms with Crippen LogP contribution in [-0.4, -0.2) is 16.6 Å². The van der Waals surface area contributed by atoms with Gasteiger partial charge in [0, 0.05) is 5.75 Å². The lowest BCUT2D eigenvalue weighted by molar-refractivity contribution is -0.0578. The zero-order valence-corrected chi connectivity index (χ0v) is 12.8. The van der Waals surface area contributed by atoms with E-state index < -0.39 is 5.60 Å². The summed E-state index contributed by atoms with van der Waals surface area (Å²) < 4.78 is 0. The molecule has 104 valence electrons. The highest BCUT2D eigenvalue weighted by Gasteiger charge is 2.46. The van der Waals surface area contributed by atoms with Crippen LogP contribution < -0.4 is 0 Å². The molecule has 1 saturated heterocycles. The van der Waals surface area contributed by atoms with E-state index >= 15 is 0 Å². The summed E-state index contributed by atoms with van der Waals surface area (Å²) in [4.78, 5) is 0. The third-order valence-corrected chi connectivity index (χ3v) is 6.38. The second-order valence-electron chi connectivity index (χ2n) is 6.80. The average molecular weight is 276 g/mol. The minimum atomic E-state index is -0.673. The lowest BCUT2D eigenvalue weighted by Crippen LogP contribution is -2.47. The van der Waals surface area contributed by atoms with Crippen LogP contribution in [0.2, 0.25) is 0 Å². The van der Waals surface area contributed by atoms with Crippen LogP contribution in [0.25, 0.3) is 0 Å². The minimum absolute atomic E-state index is 0.0315. The largest absolute Gasteiger partial charge is 0.384 e. The third kappa shape index (κ3) is 2.23. The van der Waals surface area contributed by atoms with E-state index in [2.05, 4.69) is 38.1 Å². The molecule has 0 spiro atoms. The first-order valence-electron chi connectivity index (χ1n) is 7.43. The molecule has 0 radical (unpaired) electrons. The molecule has 2 heteroatoms. The van der Waals surface area contributed by atoms with Gasteiger partial charge in [-0.05, 0) is 47.5 Å². The maximum absolute atomic E-state index is 11.2. The second-order valence-corrected chi connectivity index (χ2v) is 7.90. The van der Waals surface area contributed by atoms with Gasteiger partial charge in [0.2, 0.25) is 0 Å². The predicted octanol–water partition coefficient (Wildman–Crippen LogP) is 4.30. The van der Waals surface area contributed by atoms with Crippen molar-refractivity contribution in [1.82, 2.24) is 0 Å². The van der Waals surface area contributed by atoms with Crippen LogP contribution in [0.5, 0.6) is 0 Å². The van der Waals surface area contributed by atoms with Gasteiger partial charge in [0.1, 0.15) is 5.60 Å². The van der Waals surface area contributed by atoms with Crippen molar-refractivity contribution in [3.05, 3.63) is 35.4 Å². The molecule has 1 unspecified atom stereocenters. The Morgan fingerprint density at radius 2 is 1.84 bits per heavy atom. The second kappa shape index (κ2) is 4.82. The standard InChI is InChI=1S/C17H24OS/c1-16(2)10-11-19-12-17(16,18)15-8-6-14(7-9-15)13-4-3-5-13/h6-9,13,18H,3-5,10-12H2,1-2H3. The molecular formula is C17H24OS. The maximum atomic E-state index is 11.2. The Hall–Kier alpha value is -0.470. The van der Waals surface area contributed by atoms with Gasteiger partial charge in [-0.3, -0.25) is 0 Å². The van der Waals surface area contributed by atoms with Crippen molar-refractivity contribution < 1.29 is 5.11 Å². The van der Waals surface area contributed by atoms with Crippen LogP contribution >= 0.6 is 11.8 Å². The summed E-state index contributed by atoms with van der Waals surface area (Å²) in [5.74, 6) is 2.76. The van der Waals surface area contributed by atoms with Gasteiger partial charge in [-0.1, -0.05) is 44.5 Å². The molecule has 1 saturated carbocycles. The Kier molecular flexibility index (Phi) is 3.43. The van der Waals surface area contributed by atoms with E-state index in [4.69, 9.17) is 0 Å². The first-order valence-corrected chi connectivity index (χ1v) is 8.59. The molecule has 0 amide bonds. The van der Waals surface area contributed by atoms with E-state index in [1.807, 2.05) is 11.8 Å². The zero-order valence-electron chi connectivity index (χ0n) is 12.0. The van der Waals surface area contributed by atoms with E-state index in [1.54, 1.807) is 0 Å². The number of hydrogen-bond acceptors (Lipinski definition) is 2. The lowest BCUT2D eigenvalue weighted by Gasteiger charge is -2.46. The first-order chi connectivity index (χ1) is 9.03. The van der Waals surface area contributed by atoms with Gasteiger partial charge < -0.3 is 5.11 Å². The fourth-order valence-corrected chi connectivity index (χ4v) is 4.85. The van der Waals surface area contributed by atoms with Gasteiger partial charge in [0.15, 0.2) is 0 Å². The molecule has 1 N–H and O–H groups in total. The van der Waals surface area contributed by atoms with Crippen molar-refractivity contribution >= 4 is 11.8 Å². The molecule has 2 aliphatic rings. The van der Waals surface area contributed by atoms with Crippen LogP contribution in [0.4, 0.5) is 0 Å². The smallest absolute Gasteiger partial charge is 0.104 e. The van der Waals surface area contributed by atoms with E-state index in [1.165, 1.54) is 24.8 Å². The van der Waals surface area contributed by atoms with Crippen molar-refractivity contribution in [3.8, 4) is 0 Å². The Bertz CT molecular complexity index is 447. The molecule has 1 aromatic rings. The molecule has 0 bridgehead atoms. The summed E-state index contributed by atoms with van der Waals surface area (Å²) in [6.45, 7) is 4.40. The molecule has 19 heavy (non-hydrogen) atoms. The number of benzene rings is 1. The Morgan fingerprint density at radius 3 is 2.37 bits per heavy atom. The van der Waals surface area contributed by atoms with E-state index in [0.717, 1.165) is 29.4 Å². The molecule has 2 fully saturated rings. The van der Waals surface area contributed by atoms with Gasteiger partial charge in [0.05, 0.1) is 0 Å². The summed E-state index contributed by atoms with van der Waals surface area (Å²) >= 11 is 1.88. The fraction of sp³-hybridized carbons (Fsp3) is 0.647. The summed E-state index contributed by atoms with van der Waals surface area (Å²) in [7, 11) is 0. The molecule has 1 nitrogen and oxygen atoms in total. The van der Waals surface area contributed by atoms with Gasteiger partial charge in [0.25, 0.3) is 0 Å². The molecule has 1 atom stereocenters. The van der Waals surface area contributed by atoms with Crippen LogP contribution in [0.1, 0.15) is 56.6 Å². The van der Waals surface area contributed by atoms with Gasteiger partial charge in [-0.2, -0.15) is 11.8 Å². The molecular weight excluding hydrogens is 252 g/mol. The normalized spacial score (nSPS) is 30.9. The number of aliphatic hydroxyl groups is 1. The van der Waals surface area contributed by atoms with Gasteiger partial charge in [-0.25, -0.2) is 0 Å². The highest BCUT2D eigenvalue weighted by Crippen LogP contribution is 2.48. The van der Waals surface area contributed by atoms with Crippen molar-refractivity contribution in [1.29, 1.82) is 0 Å². The zero-order chi connectivity index (χ0) is 13.5. The molecule has 0 aromatic heterocycles. The Balaban J connectivity index is 1.87. The third-order valence-electron chi connectivity index (χ3n) is 5.27. The number of hydrogen-bond donors (Lipinski definition) is 1.